The van der Waals surface area contributed by atoms with E-state index in [1.54, 1.807) is 4.57 Å². The Labute approximate surface area is 177 Å². The van der Waals surface area contributed by atoms with Crippen LogP contribution in [0.3, 0.4) is 0 Å². The highest BCUT2D eigenvalue weighted by Gasteiger charge is 2.23. The molecule has 6 nitrogen and oxygen atoms in total. The summed E-state index contributed by atoms with van der Waals surface area (Å²) in [6.07, 6.45) is 0.829. The molecule has 0 bridgehead atoms. The highest BCUT2D eigenvalue weighted by atomic mass is 35.5. The number of para-hydroxylation sites is 2. The molecule has 0 fully saturated rings. The van der Waals surface area contributed by atoms with Crippen LogP contribution in [-0.2, 0) is 0 Å². The number of hydrogen-bond donors (Lipinski definition) is 0. The van der Waals surface area contributed by atoms with E-state index < -0.39 is 0 Å². The summed E-state index contributed by atoms with van der Waals surface area (Å²) in [6.45, 7) is 5.95. The van der Waals surface area contributed by atoms with E-state index in [2.05, 4.69) is 6.92 Å². The van der Waals surface area contributed by atoms with Gasteiger partial charge in [0.25, 0.3) is 5.56 Å². The van der Waals surface area contributed by atoms with Crippen LogP contribution < -0.4 is 5.56 Å². The molecule has 5 aromatic rings. The summed E-state index contributed by atoms with van der Waals surface area (Å²) in [6, 6.07) is 15.1. The molecule has 30 heavy (non-hydrogen) atoms. The van der Waals surface area contributed by atoms with Gasteiger partial charge in [-0.1, -0.05) is 36.7 Å². The Morgan fingerprint density at radius 2 is 1.73 bits per heavy atom. The van der Waals surface area contributed by atoms with Gasteiger partial charge in [-0.2, -0.15) is 0 Å². The first-order valence-electron chi connectivity index (χ1n) is 9.95. The van der Waals surface area contributed by atoms with Crippen LogP contribution in [0.1, 0.15) is 32.1 Å². The largest absolute Gasteiger partial charge is 0.293 e. The van der Waals surface area contributed by atoms with Crippen LogP contribution in [0.25, 0.3) is 38.9 Å². The van der Waals surface area contributed by atoms with Crippen molar-refractivity contribution >= 4 is 44.8 Å². The number of fused-ring (bicyclic) bond motifs is 4. The van der Waals surface area contributed by atoms with E-state index in [0.29, 0.717) is 33.0 Å². The second-order valence-electron chi connectivity index (χ2n) is 7.49. The zero-order valence-electron chi connectivity index (χ0n) is 16.9. The molecule has 1 atom stereocenters. The van der Waals surface area contributed by atoms with Crippen molar-refractivity contribution in [3.05, 3.63) is 69.7 Å². The fourth-order valence-electron chi connectivity index (χ4n) is 3.97. The van der Waals surface area contributed by atoms with E-state index in [1.807, 2.05) is 66.9 Å². The first-order chi connectivity index (χ1) is 14.5. The summed E-state index contributed by atoms with van der Waals surface area (Å²) in [5.41, 5.74) is 3.89. The van der Waals surface area contributed by atoms with Crippen molar-refractivity contribution < 1.29 is 0 Å². The van der Waals surface area contributed by atoms with Gasteiger partial charge in [-0.3, -0.25) is 13.9 Å². The summed E-state index contributed by atoms with van der Waals surface area (Å²) in [5.74, 6) is 0.664. The highest BCUT2D eigenvalue weighted by Crippen LogP contribution is 2.30. The Bertz CT molecular complexity index is 1500. The van der Waals surface area contributed by atoms with Gasteiger partial charge < -0.3 is 0 Å². The zero-order valence-corrected chi connectivity index (χ0v) is 17.7. The summed E-state index contributed by atoms with van der Waals surface area (Å²) < 4.78 is 3.63. The lowest BCUT2D eigenvalue weighted by atomic mass is 10.2. The van der Waals surface area contributed by atoms with Gasteiger partial charge in [-0.15, -0.1) is 0 Å². The number of aromatic nitrogens is 5. The lowest BCUT2D eigenvalue weighted by Gasteiger charge is -2.16. The van der Waals surface area contributed by atoms with Crippen LogP contribution in [-0.4, -0.2) is 24.1 Å². The predicted molar refractivity (Wildman–Crippen MR) is 121 cm³/mol. The van der Waals surface area contributed by atoms with E-state index in [1.165, 1.54) is 0 Å². The van der Waals surface area contributed by atoms with Gasteiger partial charge >= 0.3 is 0 Å². The first-order valence-corrected chi connectivity index (χ1v) is 10.3. The maximum absolute atomic E-state index is 13.6. The minimum atomic E-state index is -0.0952. The summed E-state index contributed by atoms with van der Waals surface area (Å²) in [7, 11) is 0. The minimum Gasteiger partial charge on any atom is -0.293 e. The zero-order chi connectivity index (χ0) is 21.0. The number of hydrogen-bond acceptors (Lipinski definition) is 4. The average molecular weight is 418 g/mol. The van der Waals surface area contributed by atoms with Gasteiger partial charge in [0.05, 0.1) is 16.7 Å². The van der Waals surface area contributed by atoms with Crippen molar-refractivity contribution in [2.75, 3.05) is 0 Å². The second kappa shape index (κ2) is 6.92. The molecule has 3 aromatic heterocycles. The van der Waals surface area contributed by atoms with Crippen LogP contribution >= 0.6 is 11.6 Å². The highest BCUT2D eigenvalue weighted by molar-refractivity contribution is 6.30. The van der Waals surface area contributed by atoms with Crippen molar-refractivity contribution in [2.45, 2.75) is 33.2 Å². The van der Waals surface area contributed by atoms with Gasteiger partial charge in [0.1, 0.15) is 16.7 Å². The molecule has 150 valence electrons. The van der Waals surface area contributed by atoms with Crippen molar-refractivity contribution in [3.63, 3.8) is 0 Å². The first kappa shape index (κ1) is 18.8. The van der Waals surface area contributed by atoms with Crippen LogP contribution in [0, 0.1) is 6.92 Å². The quantitative estimate of drug-likeness (QED) is 0.404. The molecular formula is C23H20ClN5O. The number of nitrogens with zero attached hydrogens (tertiary/aromatic N) is 5. The Hall–Kier alpha value is -3.25. The number of aryl methyl sites for hydroxylation is 1. The van der Waals surface area contributed by atoms with Gasteiger partial charge in [-0.05, 0) is 50.6 Å². The smallest absolute Gasteiger partial charge is 0.265 e. The maximum Gasteiger partial charge on any atom is 0.265 e. The monoisotopic (exact) mass is 417 g/mol. The fourth-order valence-corrected chi connectivity index (χ4v) is 4.16. The molecule has 0 radical (unpaired) electrons. The predicted octanol–water partition coefficient (Wildman–Crippen LogP) is 5.22. The molecule has 0 saturated carbocycles. The molecule has 0 aliphatic heterocycles. The van der Waals surface area contributed by atoms with E-state index in [-0.39, 0.29) is 11.6 Å². The van der Waals surface area contributed by atoms with E-state index >= 15 is 0 Å². The second-order valence-corrected chi connectivity index (χ2v) is 7.93. The maximum atomic E-state index is 13.6. The molecule has 3 heterocycles. The summed E-state index contributed by atoms with van der Waals surface area (Å²) in [4.78, 5) is 28.1. The van der Waals surface area contributed by atoms with Crippen LogP contribution in [0.2, 0.25) is 5.02 Å². The molecule has 0 N–H and O–H groups in total. The van der Waals surface area contributed by atoms with Crippen LogP contribution in [0.15, 0.2) is 53.3 Å². The summed E-state index contributed by atoms with van der Waals surface area (Å²) in [5, 5.41) is 1.08. The van der Waals surface area contributed by atoms with Gasteiger partial charge in [0.2, 0.25) is 0 Å². The Balaban J connectivity index is 2.03. The van der Waals surface area contributed by atoms with Crippen molar-refractivity contribution in [1.29, 1.82) is 0 Å². The average Bonchev–Trinajstić information content (AvgIpc) is 3.04. The molecule has 0 aliphatic carbocycles. The molecule has 0 aliphatic rings. The van der Waals surface area contributed by atoms with E-state index in [9.17, 15) is 4.79 Å². The van der Waals surface area contributed by atoms with Crippen molar-refractivity contribution in [3.8, 4) is 5.69 Å². The lowest BCUT2D eigenvalue weighted by Crippen LogP contribution is -2.26. The number of halogens is 1. The molecule has 0 saturated heterocycles. The van der Waals surface area contributed by atoms with Gasteiger partial charge in [-0.25, -0.2) is 15.0 Å². The fraction of sp³-hybridized carbons (Fsp3) is 0.217. The Morgan fingerprint density at radius 3 is 2.43 bits per heavy atom. The number of benzene rings is 2. The van der Waals surface area contributed by atoms with Crippen LogP contribution in [0.5, 0.6) is 0 Å². The third-order valence-electron chi connectivity index (χ3n) is 5.58. The van der Waals surface area contributed by atoms with Gasteiger partial charge in [0.15, 0.2) is 11.3 Å². The molecular weight excluding hydrogens is 398 g/mol. The Morgan fingerprint density at radius 1 is 1.00 bits per heavy atom. The Kier molecular flexibility index (Phi) is 4.33. The molecule has 2 aromatic carbocycles. The SMILES string of the molecule is CC[C@H](C)n1c(C)nc2c(c1=O)c1nc3ccccc3nc1n2-c1cccc(Cl)c1. The van der Waals surface area contributed by atoms with Crippen LogP contribution in [0.4, 0.5) is 0 Å². The third-order valence-corrected chi connectivity index (χ3v) is 5.82. The summed E-state index contributed by atoms with van der Waals surface area (Å²) >= 11 is 6.27. The van der Waals surface area contributed by atoms with Gasteiger partial charge in [0, 0.05) is 11.1 Å². The molecule has 0 unspecified atom stereocenters. The normalized spacial score (nSPS) is 12.8. The lowest BCUT2D eigenvalue weighted by molar-refractivity contribution is 0.497. The number of rotatable bonds is 3. The molecule has 7 heteroatoms. The molecule has 0 amide bonds. The molecule has 5 rings (SSSR count). The standard InChI is InChI=1S/C23H20ClN5O/c1-4-13(2)28-14(3)25-21-19(23(28)30)20-22(27-18-11-6-5-10-17(18)26-20)29(21)16-9-7-8-15(24)12-16/h5-13H,4H2,1-3H3/t13-/m0/s1. The molecule has 0 spiro atoms. The van der Waals surface area contributed by atoms with Crippen molar-refractivity contribution in [1.82, 2.24) is 24.1 Å². The third kappa shape index (κ3) is 2.71. The van der Waals surface area contributed by atoms with Crippen molar-refractivity contribution in [2.24, 2.45) is 0 Å². The van der Waals surface area contributed by atoms with E-state index in [0.717, 1.165) is 23.1 Å². The topological polar surface area (TPSA) is 65.6 Å². The van der Waals surface area contributed by atoms with E-state index in [4.69, 9.17) is 26.6 Å². The minimum absolute atomic E-state index is 0.0346.